The summed E-state index contributed by atoms with van der Waals surface area (Å²) in [7, 11) is 0. The van der Waals surface area contributed by atoms with E-state index >= 15 is 0 Å². The number of hydrogen-bond donors (Lipinski definition) is 0. The average molecular weight is 991 g/mol. The second-order valence-electron chi connectivity index (χ2n) is 7.85. The monoisotopic (exact) mass is 990 g/mol. The van der Waals surface area contributed by atoms with Crippen LogP contribution in [0.5, 0.6) is 0 Å². The molecule has 0 spiro atoms. The van der Waals surface area contributed by atoms with Crippen LogP contribution in [0, 0.1) is 35.4 Å². The SMILES string of the molecule is Fc1c[c-]c(-c2ccccn2)c(F)c1.Fc1c[c-]c(-c2ccccn2)c(F)c1.[Pt+2].[Pt+2].[S-]c1ccccn1.[S-]c1ccccn1. The first-order valence-electron chi connectivity index (χ1n) is 12.1. The van der Waals surface area contributed by atoms with E-state index in [0.717, 1.165) is 24.3 Å². The molecule has 0 unspecified atom stereocenters. The van der Waals surface area contributed by atoms with Gasteiger partial charge in [0.2, 0.25) is 0 Å². The van der Waals surface area contributed by atoms with Crippen LogP contribution in [0.3, 0.4) is 0 Å². The van der Waals surface area contributed by atoms with Crippen molar-refractivity contribution < 1.29 is 59.7 Å². The smallest absolute Gasteiger partial charge is 0.760 e. The minimum atomic E-state index is -0.649. The van der Waals surface area contributed by atoms with E-state index < -0.39 is 23.3 Å². The molecule has 0 radical (unpaired) electrons. The van der Waals surface area contributed by atoms with E-state index in [9.17, 15) is 17.6 Å². The van der Waals surface area contributed by atoms with Gasteiger partial charge in [-0.2, -0.15) is 0 Å². The normalized spacial score (nSPS) is 9.18. The van der Waals surface area contributed by atoms with E-state index in [2.05, 4.69) is 32.1 Å². The second-order valence-corrected chi connectivity index (χ2v) is 8.68. The number of nitrogens with zero attached hydrogens (tertiary/aromatic N) is 4. The molecule has 0 atom stereocenters. The molecular weight excluding hydrogens is 971 g/mol. The number of pyridine rings is 4. The van der Waals surface area contributed by atoms with Crippen molar-refractivity contribution in [1.82, 2.24) is 19.9 Å². The summed E-state index contributed by atoms with van der Waals surface area (Å²) in [4.78, 5) is 15.5. The fraction of sp³-hybridized carbons (Fsp3) is 0. The Morgan fingerprint density at radius 3 is 1.05 bits per heavy atom. The topological polar surface area (TPSA) is 51.6 Å². The molecule has 4 heterocycles. The van der Waals surface area contributed by atoms with Crippen LogP contribution in [-0.2, 0) is 67.4 Å². The summed E-state index contributed by atoms with van der Waals surface area (Å²) >= 11 is 9.40. The zero-order valence-electron chi connectivity index (χ0n) is 22.3. The van der Waals surface area contributed by atoms with Gasteiger partial charge in [-0.05, 0) is 35.7 Å². The van der Waals surface area contributed by atoms with E-state index in [-0.39, 0.29) is 53.3 Å². The number of halogens is 4. The van der Waals surface area contributed by atoms with E-state index in [4.69, 9.17) is 25.3 Å². The van der Waals surface area contributed by atoms with Crippen LogP contribution in [0.2, 0.25) is 0 Å². The number of rotatable bonds is 2. The van der Waals surface area contributed by atoms with Gasteiger partial charge >= 0.3 is 42.1 Å². The van der Waals surface area contributed by atoms with Gasteiger partial charge in [-0.15, -0.1) is 24.3 Å². The Hall–Kier alpha value is -3.42. The van der Waals surface area contributed by atoms with Crippen molar-refractivity contribution in [3.63, 3.8) is 0 Å². The Labute approximate surface area is 292 Å². The minimum Gasteiger partial charge on any atom is -0.760 e. The Morgan fingerprint density at radius 2 is 0.818 bits per heavy atom. The summed E-state index contributed by atoms with van der Waals surface area (Å²) in [6.07, 6.45) is 6.46. The molecule has 0 fully saturated rings. The molecule has 0 saturated heterocycles. The Balaban J connectivity index is 0.000000303. The van der Waals surface area contributed by atoms with Crippen molar-refractivity contribution in [1.29, 1.82) is 0 Å². The Bertz CT molecular complexity index is 1520. The number of benzene rings is 2. The Kier molecular flexibility index (Phi) is 18.7. The summed E-state index contributed by atoms with van der Waals surface area (Å²) in [6, 6.07) is 30.1. The molecule has 0 saturated carbocycles. The number of hydrogen-bond acceptors (Lipinski definition) is 6. The molecule has 0 aliphatic carbocycles. The molecule has 44 heavy (non-hydrogen) atoms. The standard InChI is InChI=1S/2C11H6F2N.2C5H5NS.2Pt/c2*12-8-4-5-9(10(13)7-8)11-3-1-2-6-14-11;2*7-5-3-1-2-4-6-5;;/h2*1-4,6-7H;2*1-4H,(H,6,7);;/q2*-1;;;2*+2/p-2. The van der Waals surface area contributed by atoms with Gasteiger partial charge < -0.3 is 35.2 Å². The van der Waals surface area contributed by atoms with Gasteiger partial charge in [-0.1, -0.05) is 81.8 Å². The van der Waals surface area contributed by atoms with Gasteiger partial charge in [0, 0.05) is 48.1 Å². The second kappa shape index (κ2) is 21.3. The zero-order chi connectivity index (χ0) is 30.2. The van der Waals surface area contributed by atoms with E-state index in [1.54, 1.807) is 73.3 Å². The molecule has 4 nitrogen and oxygen atoms in total. The van der Waals surface area contributed by atoms with Crippen LogP contribution in [0.15, 0.2) is 132 Å². The summed E-state index contributed by atoms with van der Waals surface area (Å²) in [6.45, 7) is 0. The summed E-state index contributed by atoms with van der Waals surface area (Å²) in [5, 5.41) is 1.31. The minimum absolute atomic E-state index is 0. The van der Waals surface area contributed by atoms with Crippen molar-refractivity contribution in [2.75, 3.05) is 0 Å². The van der Waals surface area contributed by atoms with Crippen LogP contribution in [-0.4, -0.2) is 19.9 Å². The quantitative estimate of drug-likeness (QED) is 0.101. The first-order valence-corrected chi connectivity index (χ1v) is 12.9. The fourth-order valence-corrected chi connectivity index (χ4v) is 3.28. The third-order valence-electron chi connectivity index (χ3n) is 4.83. The third kappa shape index (κ3) is 13.9. The van der Waals surface area contributed by atoms with E-state index in [1.165, 1.54) is 0 Å². The van der Waals surface area contributed by atoms with Crippen molar-refractivity contribution in [2.24, 2.45) is 0 Å². The maximum Gasteiger partial charge on any atom is 2.00 e. The maximum atomic E-state index is 13.2. The van der Waals surface area contributed by atoms with Crippen LogP contribution >= 0.6 is 0 Å². The molecule has 228 valence electrons. The van der Waals surface area contributed by atoms with Crippen LogP contribution in [0.1, 0.15) is 0 Å². The Morgan fingerprint density at radius 1 is 0.477 bits per heavy atom. The van der Waals surface area contributed by atoms with Gasteiger partial charge in [0.05, 0.1) is 0 Å². The fourth-order valence-electron chi connectivity index (χ4n) is 3.00. The molecule has 4 aromatic heterocycles. The predicted octanol–water partition coefficient (Wildman–Crippen LogP) is 7.62. The van der Waals surface area contributed by atoms with Gasteiger partial charge in [0.1, 0.15) is 0 Å². The molecular formula is C32H20F4N4Pt2S2. The molecule has 0 aliphatic heterocycles. The van der Waals surface area contributed by atoms with Crippen LogP contribution in [0.4, 0.5) is 17.6 Å². The molecule has 0 aliphatic rings. The van der Waals surface area contributed by atoms with Gasteiger partial charge in [0.25, 0.3) is 0 Å². The molecule has 0 N–H and O–H groups in total. The first kappa shape index (κ1) is 38.6. The van der Waals surface area contributed by atoms with Crippen LogP contribution < -0.4 is 0 Å². The van der Waals surface area contributed by atoms with Crippen LogP contribution in [0.25, 0.3) is 22.5 Å². The van der Waals surface area contributed by atoms with Gasteiger partial charge in [-0.3, -0.25) is 27.5 Å². The molecule has 0 bridgehead atoms. The van der Waals surface area contributed by atoms with Gasteiger partial charge in [-0.25, -0.2) is 0 Å². The molecule has 0 amide bonds. The third-order valence-corrected chi connectivity index (χ3v) is 5.32. The van der Waals surface area contributed by atoms with E-state index in [0.29, 0.717) is 21.4 Å². The first-order chi connectivity index (χ1) is 20.3. The summed E-state index contributed by atoms with van der Waals surface area (Å²) < 4.78 is 51.6. The molecule has 6 rings (SSSR count). The summed E-state index contributed by atoms with van der Waals surface area (Å²) in [5.41, 5.74) is 1.27. The largest absolute Gasteiger partial charge is 2.00 e. The summed E-state index contributed by atoms with van der Waals surface area (Å²) in [5.74, 6) is -2.57. The van der Waals surface area contributed by atoms with Crippen molar-refractivity contribution >= 4 is 25.3 Å². The van der Waals surface area contributed by atoms with E-state index in [1.807, 2.05) is 24.3 Å². The number of aromatic nitrogens is 4. The average Bonchev–Trinajstić information content (AvgIpc) is 3.00. The predicted molar refractivity (Wildman–Crippen MR) is 157 cm³/mol. The molecule has 6 aromatic rings. The van der Waals surface area contributed by atoms with Crippen molar-refractivity contribution in [3.05, 3.63) is 157 Å². The zero-order valence-corrected chi connectivity index (χ0v) is 28.5. The maximum absolute atomic E-state index is 13.2. The van der Waals surface area contributed by atoms with Crippen molar-refractivity contribution in [3.8, 4) is 22.5 Å². The molecule has 2 aromatic carbocycles. The van der Waals surface area contributed by atoms with Gasteiger partial charge in [0.15, 0.2) is 0 Å². The van der Waals surface area contributed by atoms with Crippen molar-refractivity contribution in [2.45, 2.75) is 10.1 Å². The molecule has 12 heteroatoms.